The zero-order chi connectivity index (χ0) is 22.9. The molecule has 2 N–H and O–H groups in total. The number of carboxylic acids is 1. The molecule has 1 aliphatic rings. The van der Waals surface area contributed by atoms with E-state index in [1.807, 2.05) is 29.6 Å². The van der Waals surface area contributed by atoms with Gasteiger partial charge in [-0.15, -0.1) is 11.3 Å². The van der Waals surface area contributed by atoms with Crippen molar-refractivity contribution in [2.24, 2.45) is 0 Å². The number of quaternary nitrogens is 1. The monoisotopic (exact) mass is 472 g/mol. The largest absolute Gasteiger partial charge is 0.481 e. The maximum Gasteiger partial charge on any atom is 0.354 e. The van der Waals surface area contributed by atoms with E-state index in [4.69, 9.17) is 16.7 Å². The SMILES string of the molecule is CC1(C(=O)NCCCC(=O)O)CC[N+]1(C(=O)c1csc2ccccc12)c1cc(Cl)ccn1. The Bertz CT molecular complexity index is 1210. The number of hydrogen-bond acceptors (Lipinski definition) is 5. The second kappa shape index (κ2) is 8.61. The number of rotatable bonds is 7. The number of pyridine rings is 1. The molecule has 32 heavy (non-hydrogen) atoms. The maximum atomic E-state index is 14.1. The molecule has 0 aliphatic carbocycles. The van der Waals surface area contributed by atoms with Crippen LogP contribution >= 0.6 is 22.9 Å². The van der Waals surface area contributed by atoms with Gasteiger partial charge in [0.05, 0.1) is 18.5 Å². The molecule has 4 rings (SSSR count). The molecule has 0 spiro atoms. The topological polar surface area (TPSA) is 96.4 Å². The number of thiophene rings is 1. The molecule has 1 aromatic carbocycles. The number of amides is 2. The van der Waals surface area contributed by atoms with Crippen molar-refractivity contribution in [2.45, 2.75) is 31.7 Å². The highest BCUT2D eigenvalue weighted by Gasteiger charge is 2.68. The zero-order valence-electron chi connectivity index (χ0n) is 17.5. The van der Waals surface area contributed by atoms with Crippen LogP contribution in [-0.4, -0.2) is 46.5 Å². The number of nitrogens with zero attached hydrogens (tertiary/aromatic N) is 2. The summed E-state index contributed by atoms with van der Waals surface area (Å²) in [5.41, 5.74) is -0.543. The second-order valence-electron chi connectivity index (χ2n) is 8.09. The van der Waals surface area contributed by atoms with Crippen LogP contribution in [0.3, 0.4) is 0 Å². The predicted octanol–water partition coefficient (Wildman–Crippen LogP) is 4.24. The Morgan fingerprint density at radius 3 is 2.75 bits per heavy atom. The van der Waals surface area contributed by atoms with E-state index in [1.54, 1.807) is 25.3 Å². The average Bonchev–Trinajstić information content (AvgIpc) is 3.19. The Morgan fingerprint density at radius 2 is 2.06 bits per heavy atom. The third-order valence-corrected chi connectivity index (χ3v) is 7.47. The van der Waals surface area contributed by atoms with Crippen LogP contribution in [0.15, 0.2) is 48.0 Å². The number of hydrogen-bond donors (Lipinski definition) is 2. The van der Waals surface area contributed by atoms with Crippen molar-refractivity contribution in [3.05, 3.63) is 58.6 Å². The van der Waals surface area contributed by atoms with Gasteiger partial charge in [-0.1, -0.05) is 29.8 Å². The van der Waals surface area contributed by atoms with Crippen molar-refractivity contribution in [1.82, 2.24) is 14.8 Å². The highest BCUT2D eigenvalue weighted by atomic mass is 35.5. The first-order valence-electron chi connectivity index (χ1n) is 10.3. The third kappa shape index (κ3) is 3.58. The van der Waals surface area contributed by atoms with Crippen LogP contribution < -0.4 is 9.80 Å². The van der Waals surface area contributed by atoms with E-state index in [0.29, 0.717) is 35.8 Å². The third-order valence-electron chi connectivity index (χ3n) is 6.28. The standard InChI is InChI=1S/C23H22ClN3O4S/c1-23(22(31)26-10-4-7-20(28)29)9-12-27(23,19-13-15(24)8-11-25-19)21(30)17-14-32-18-6-3-2-5-16(17)18/h2-3,5-6,8,11,13-14H,4,7,9-10,12H2,1H3,(H-,26,28,29,31)/p+1. The fourth-order valence-corrected chi connectivity index (χ4v) is 5.43. The summed E-state index contributed by atoms with van der Waals surface area (Å²) >= 11 is 7.73. The predicted molar refractivity (Wildman–Crippen MR) is 125 cm³/mol. The molecule has 7 nitrogen and oxygen atoms in total. The number of aliphatic carboxylic acids is 1. The van der Waals surface area contributed by atoms with E-state index >= 15 is 0 Å². The van der Waals surface area contributed by atoms with Gasteiger partial charge in [-0.25, -0.2) is 9.78 Å². The summed E-state index contributed by atoms with van der Waals surface area (Å²) in [7, 11) is 0. The summed E-state index contributed by atoms with van der Waals surface area (Å²) in [6, 6.07) is 11.0. The number of aromatic nitrogens is 1. The minimum atomic E-state index is -1.10. The van der Waals surface area contributed by atoms with E-state index < -0.39 is 11.5 Å². The van der Waals surface area contributed by atoms with Gasteiger partial charge in [0.2, 0.25) is 5.82 Å². The molecular formula is C23H23ClN3O4S+. The second-order valence-corrected chi connectivity index (χ2v) is 9.44. The van der Waals surface area contributed by atoms with Crippen molar-refractivity contribution in [3.63, 3.8) is 0 Å². The summed E-state index contributed by atoms with van der Waals surface area (Å²) in [5, 5.41) is 14.8. The van der Waals surface area contributed by atoms with E-state index in [9.17, 15) is 14.4 Å². The van der Waals surface area contributed by atoms with E-state index in [2.05, 4.69) is 10.3 Å². The van der Waals surface area contributed by atoms with Gasteiger partial charge >= 0.3 is 11.9 Å². The zero-order valence-corrected chi connectivity index (χ0v) is 19.1. The first kappa shape index (κ1) is 22.4. The highest BCUT2D eigenvalue weighted by Crippen LogP contribution is 2.46. The van der Waals surface area contributed by atoms with Gasteiger partial charge in [0.25, 0.3) is 5.91 Å². The lowest BCUT2D eigenvalue weighted by molar-refractivity contribution is -0.138. The molecule has 1 aliphatic heterocycles. The lowest BCUT2D eigenvalue weighted by atomic mass is 9.79. The number of fused-ring (bicyclic) bond motifs is 1. The number of likely N-dealkylation sites (tertiary alicyclic amines) is 1. The van der Waals surface area contributed by atoms with Gasteiger partial charge in [0.1, 0.15) is 0 Å². The molecule has 2 amide bonds. The van der Waals surface area contributed by atoms with Crippen LogP contribution in [0.25, 0.3) is 10.1 Å². The van der Waals surface area contributed by atoms with Crippen molar-refractivity contribution in [1.29, 1.82) is 0 Å². The normalized spacial score (nSPS) is 22.3. The molecule has 3 heterocycles. The first-order chi connectivity index (χ1) is 15.3. The van der Waals surface area contributed by atoms with Crippen LogP contribution in [0.2, 0.25) is 5.02 Å². The summed E-state index contributed by atoms with van der Waals surface area (Å²) in [6.07, 6.45) is 2.31. The molecule has 0 bridgehead atoms. The van der Waals surface area contributed by atoms with Gasteiger partial charge in [0, 0.05) is 52.6 Å². The summed E-state index contributed by atoms with van der Waals surface area (Å²) in [5.74, 6) is -0.996. The number of carbonyl (C=O) groups excluding carboxylic acids is 2. The first-order valence-corrected chi connectivity index (χ1v) is 11.6. The van der Waals surface area contributed by atoms with Gasteiger partial charge in [-0.05, 0) is 18.6 Å². The van der Waals surface area contributed by atoms with Gasteiger partial charge in [-0.3, -0.25) is 9.59 Å². The molecule has 0 radical (unpaired) electrons. The Hall–Kier alpha value is -2.81. The van der Waals surface area contributed by atoms with E-state index in [1.165, 1.54) is 11.3 Å². The van der Waals surface area contributed by atoms with E-state index in [0.717, 1.165) is 10.1 Å². The van der Waals surface area contributed by atoms with Crippen molar-refractivity contribution < 1.29 is 19.5 Å². The lowest BCUT2D eigenvalue weighted by Crippen LogP contribution is -2.81. The fourth-order valence-electron chi connectivity index (χ4n) is 4.34. The van der Waals surface area contributed by atoms with Crippen molar-refractivity contribution >= 4 is 56.6 Å². The Morgan fingerprint density at radius 1 is 1.28 bits per heavy atom. The Labute approximate surface area is 194 Å². The Kier molecular flexibility index (Phi) is 6.03. The molecular weight excluding hydrogens is 450 g/mol. The molecule has 2 unspecified atom stereocenters. The number of halogens is 1. The fraction of sp³-hybridized carbons (Fsp3) is 0.304. The molecule has 1 fully saturated rings. The van der Waals surface area contributed by atoms with Crippen molar-refractivity contribution in [3.8, 4) is 0 Å². The van der Waals surface area contributed by atoms with Crippen LogP contribution in [-0.2, 0) is 9.59 Å². The quantitative estimate of drug-likeness (QED) is 0.396. The van der Waals surface area contributed by atoms with Crippen LogP contribution in [0.1, 0.15) is 36.5 Å². The number of benzene rings is 1. The smallest absolute Gasteiger partial charge is 0.354 e. The number of nitrogens with one attached hydrogen (secondary N) is 1. The highest BCUT2D eigenvalue weighted by molar-refractivity contribution is 7.17. The van der Waals surface area contributed by atoms with Crippen LogP contribution in [0.4, 0.5) is 5.82 Å². The number of carbonyl (C=O) groups is 3. The molecule has 3 aromatic rings. The molecule has 2 atom stereocenters. The Balaban J connectivity index is 1.75. The molecule has 1 saturated heterocycles. The van der Waals surface area contributed by atoms with Crippen LogP contribution in [0.5, 0.6) is 0 Å². The van der Waals surface area contributed by atoms with Gasteiger partial charge < -0.3 is 10.4 Å². The summed E-state index contributed by atoms with van der Waals surface area (Å²) in [6.45, 7) is 2.40. The summed E-state index contributed by atoms with van der Waals surface area (Å²) in [4.78, 5) is 42.7. The lowest BCUT2D eigenvalue weighted by Gasteiger charge is -2.54. The van der Waals surface area contributed by atoms with Crippen LogP contribution in [0, 0.1) is 0 Å². The maximum absolute atomic E-state index is 14.1. The minimum Gasteiger partial charge on any atom is -0.481 e. The molecule has 2 aromatic heterocycles. The molecule has 0 saturated carbocycles. The molecule has 166 valence electrons. The number of carboxylic acid groups (broad SMARTS) is 1. The van der Waals surface area contributed by atoms with Gasteiger partial charge in [-0.2, -0.15) is 4.48 Å². The average molecular weight is 473 g/mol. The van der Waals surface area contributed by atoms with Gasteiger partial charge in [0.15, 0.2) is 5.54 Å². The van der Waals surface area contributed by atoms with E-state index in [-0.39, 0.29) is 29.3 Å². The molecule has 9 heteroatoms. The minimum absolute atomic E-state index is 0.0351. The van der Waals surface area contributed by atoms with Crippen molar-refractivity contribution in [2.75, 3.05) is 13.1 Å². The summed E-state index contributed by atoms with van der Waals surface area (Å²) < 4.78 is 0.729.